The summed E-state index contributed by atoms with van der Waals surface area (Å²) in [4.78, 5) is 15.5. The quantitative estimate of drug-likeness (QED) is 0.526. The summed E-state index contributed by atoms with van der Waals surface area (Å²) in [6.45, 7) is 1.31. The summed E-state index contributed by atoms with van der Waals surface area (Å²) in [5, 5.41) is 9.11. The number of piperidine rings is 1. The molecule has 4 heterocycles. The highest BCUT2D eigenvalue weighted by atomic mass is 32.1. The van der Waals surface area contributed by atoms with Crippen molar-refractivity contribution in [1.82, 2.24) is 19.5 Å². The Balaban J connectivity index is 1.43. The van der Waals surface area contributed by atoms with E-state index in [2.05, 4.69) is 10.2 Å². The van der Waals surface area contributed by atoms with Gasteiger partial charge in [0.25, 0.3) is 5.91 Å². The molecule has 1 aromatic carbocycles. The third-order valence-corrected chi connectivity index (χ3v) is 6.22. The van der Waals surface area contributed by atoms with Gasteiger partial charge in [-0.1, -0.05) is 12.1 Å². The second-order valence-corrected chi connectivity index (χ2v) is 7.92. The highest BCUT2D eigenvalue weighted by molar-refractivity contribution is 7.20. The fourth-order valence-electron chi connectivity index (χ4n) is 3.80. The summed E-state index contributed by atoms with van der Waals surface area (Å²) >= 11 is 1.35. The summed E-state index contributed by atoms with van der Waals surface area (Å²) in [7, 11) is 0. The van der Waals surface area contributed by atoms with Gasteiger partial charge in [-0.2, -0.15) is 0 Å². The van der Waals surface area contributed by atoms with Gasteiger partial charge in [-0.05, 0) is 43.2 Å². The van der Waals surface area contributed by atoms with E-state index in [1.165, 1.54) is 17.4 Å². The monoisotopic (exact) mass is 380 g/mol. The molecule has 0 aliphatic carbocycles. The summed E-state index contributed by atoms with van der Waals surface area (Å²) in [5.41, 5.74) is 0.816. The highest BCUT2D eigenvalue weighted by Gasteiger charge is 2.29. The van der Waals surface area contributed by atoms with Crippen molar-refractivity contribution in [3.63, 3.8) is 0 Å². The molecule has 1 amide bonds. The molecule has 5 rings (SSSR count). The zero-order valence-electron chi connectivity index (χ0n) is 14.5. The molecule has 0 N–H and O–H groups in total. The Labute approximate surface area is 159 Å². The van der Waals surface area contributed by atoms with Crippen molar-refractivity contribution >= 4 is 33.0 Å². The topological polar surface area (TPSA) is 50.5 Å². The summed E-state index contributed by atoms with van der Waals surface area (Å²) in [6, 6.07) is 12.4. The van der Waals surface area contributed by atoms with E-state index in [-0.39, 0.29) is 17.6 Å². The molecule has 1 saturated heterocycles. The molecule has 0 bridgehead atoms. The molecule has 1 atom stereocenters. The molecule has 27 heavy (non-hydrogen) atoms. The molecule has 7 heteroatoms. The minimum absolute atomic E-state index is 0.0332. The van der Waals surface area contributed by atoms with Crippen LogP contribution in [0, 0.1) is 5.82 Å². The number of benzene rings is 1. The van der Waals surface area contributed by atoms with Crippen LogP contribution in [0.3, 0.4) is 0 Å². The average molecular weight is 380 g/mol. The molecule has 1 aliphatic rings. The molecule has 4 aromatic rings. The van der Waals surface area contributed by atoms with Crippen LogP contribution in [0.25, 0.3) is 15.7 Å². The maximum atomic E-state index is 14.0. The van der Waals surface area contributed by atoms with Gasteiger partial charge in [0.05, 0.1) is 4.88 Å². The molecule has 0 saturated carbocycles. The minimum Gasteiger partial charge on any atom is -0.337 e. The number of carbonyl (C=O) groups excluding carboxylic acids is 1. The number of likely N-dealkylation sites (tertiary alicyclic amines) is 1. The van der Waals surface area contributed by atoms with Gasteiger partial charge in [0.15, 0.2) is 5.65 Å². The number of hydrogen-bond donors (Lipinski definition) is 0. The maximum Gasteiger partial charge on any atom is 0.263 e. The van der Waals surface area contributed by atoms with E-state index in [9.17, 15) is 9.18 Å². The lowest BCUT2D eigenvalue weighted by Crippen LogP contribution is -2.39. The SMILES string of the molecule is O=C(c1cc2c(F)cccc2s1)N1CCCC(c2nnc3ccccn23)C1. The number of rotatable bonds is 2. The second-order valence-electron chi connectivity index (χ2n) is 6.84. The molecule has 3 aromatic heterocycles. The van der Waals surface area contributed by atoms with Gasteiger partial charge < -0.3 is 4.90 Å². The Kier molecular flexibility index (Phi) is 3.89. The molecular formula is C20H17FN4OS. The number of nitrogens with zero attached hydrogens (tertiary/aromatic N) is 4. The Morgan fingerprint density at radius 2 is 2.11 bits per heavy atom. The van der Waals surface area contributed by atoms with E-state index in [4.69, 9.17) is 0 Å². The largest absolute Gasteiger partial charge is 0.337 e. The first kappa shape index (κ1) is 16.4. The first-order valence-corrected chi connectivity index (χ1v) is 9.79. The smallest absolute Gasteiger partial charge is 0.263 e. The van der Waals surface area contributed by atoms with Crippen molar-refractivity contribution in [2.24, 2.45) is 0 Å². The number of pyridine rings is 1. The van der Waals surface area contributed by atoms with Crippen molar-refractivity contribution in [1.29, 1.82) is 0 Å². The van der Waals surface area contributed by atoms with E-state index < -0.39 is 0 Å². The van der Waals surface area contributed by atoms with E-state index in [1.807, 2.05) is 39.8 Å². The normalized spacial score (nSPS) is 17.7. The van der Waals surface area contributed by atoms with Crippen LogP contribution in [0.15, 0.2) is 48.7 Å². The fraction of sp³-hybridized carbons (Fsp3) is 0.250. The molecule has 1 aliphatic heterocycles. The fourth-order valence-corrected chi connectivity index (χ4v) is 4.84. The van der Waals surface area contributed by atoms with Gasteiger partial charge in [-0.3, -0.25) is 9.20 Å². The van der Waals surface area contributed by atoms with Crippen LogP contribution in [0.1, 0.15) is 34.3 Å². The standard InChI is InChI=1S/C20H17FN4OS/c21-15-6-3-7-16-14(15)11-17(27-16)20(26)24-9-4-5-13(12-24)19-23-22-18-8-1-2-10-25(18)19/h1-3,6-8,10-11,13H,4-5,9,12H2. The van der Waals surface area contributed by atoms with Crippen LogP contribution in [-0.4, -0.2) is 38.5 Å². The Hall–Kier alpha value is -2.80. The van der Waals surface area contributed by atoms with Gasteiger partial charge in [0.1, 0.15) is 11.6 Å². The van der Waals surface area contributed by atoms with Crippen LogP contribution in [0.2, 0.25) is 0 Å². The zero-order chi connectivity index (χ0) is 18.4. The number of fused-ring (bicyclic) bond motifs is 2. The molecule has 0 radical (unpaired) electrons. The number of carbonyl (C=O) groups is 1. The van der Waals surface area contributed by atoms with Gasteiger partial charge in [0, 0.05) is 35.3 Å². The van der Waals surface area contributed by atoms with Gasteiger partial charge >= 0.3 is 0 Å². The summed E-state index contributed by atoms with van der Waals surface area (Å²) in [5.74, 6) is 0.722. The summed E-state index contributed by atoms with van der Waals surface area (Å²) < 4.78 is 16.8. The van der Waals surface area contributed by atoms with Crippen LogP contribution in [0.4, 0.5) is 4.39 Å². The first-order chi connectivity index (χ1) is 13.2. The lowest BCUT2D eigenvalue weighted by molar-refractivity contribution is 0.0709. The van der Waals surface area contributed by atoms with Crippen LogP contribution < -0.4 is 0 Å². The Bertz CT molecular complexity index is 1150. The van der Waals surface area contributed by atoms with E-state index in [0.717, 1.165) is 29.0 Å². The van der Waals surface area contributed by atoms with Crippen LogP contribution >= 0.6 is 11.3 Å². The number of halogens is 1. The van der Waals surface area contributed by atoms with Crippen LogP contribution in [-0.2, 0) is 0 Å². The number of thiophene rings is 1. The third-order valence-electron chi connectivity index (χ3n) is 5.13. The van der Waals surface area contributed by atoms with Gasteiger partial charge in [-0.15, -0.1) is 21.5 Å². The molecular weight excluding hydrogens is 363 g/mol. The van der Waals surface area contributed by atoms with E-state index in [1.54, 1.807) is 12.1 Å². The van der Waals surface area contributed by atoms with Gasteiger partial charge in [-0.25, -0.2) is 4.39 Å². The van der Waals surface area contributed by atoms with Gasteiger partial charge in [0.2, 0.25) is 0 Å². The van der Waals surface area contributed by atoms with E-state index >= 15 is 0 Å². The van der Waals surface area contributed by atoms with Crippen molar-refractivity contribution in [3.05, 3.63) is 65.2 Å². The predicted molar refractivity (Wildman–Crippen MR) is 103 cm³/mol. The lowest BCUT2D eigenvalue weighted by atomic mass is 9.97. The first-order valence-electron chi connectivity index (χ1n) is 8.98. The molecule has 1 fully saturated rings. The molecule has 1 unspecified atom stereocenters. The maximum absolute atomic E-state index is 14.0. The Morgan fingerprint density at radius 1 is 1.19 bits per heavy atom. The van der Waals surface area contributed by atoms with Crippen molar-refractivity contribution in [2.75, 3.05) is 13.1 Å². The number of amides is 1. The van der Waals surface area contributed by atoms with Crippen molar-refractivity contribution in [3.8, 4) is 0 Å². The van der Waals surface area contributed by atoms with Crippen LogP contribution in [0.5, 0.6) is 0 Å². The molecule has 0 spiro atoms. The number of aromatic nitrogens is 3. The summed E-state index contributed by atoms with van der Waals surface area (Å²) in [6.07, 6.45) is 3.85. The third kappa shape index (κ3) is 2.78. The van der Waals surface area contributed by atoms with E-state index in [0.29, 0.717) is 23.4 Å². The predicted octanol–water partition coefficient (Wildman–Crippen LogP) is 4.10. The minimum atomic E-state index is -0.283. The second kappa shape index (κ2) is 6.42. The lowest BCUT2D eigenvalue weighted by Gasteiger charge is -2.31. The number of hydrogen-bond acceptors (Lipinski definition) is 4. The molecule has 5 nitrogen and oxygen atoms in total. The highest BCUT2D eigenvalue weighted by Crippen LogP contribution is 2.31. The Morgan fingerprint density at radius 3 is 3.00 bits per heavy atom. The van der Waals surface area contributed by atoms with Crippen molar-refractivity contribution in [2.45, 2.75) is 18.8 Å². The zero-order valence-corrected chi connectivity index (χ0v) is 15.3. The average Bonchev–Trinajstić information content (AvgIpc) is 3.33. The molecule has 136 valence electrons. The van der Waals surface area contributed by atoms with Crippen molar-refractivity contribution < 1.29 is 9.18 Å².